The van der Waals surface area contributed by atoms with Gasteiger partial charge in [-0.15, -0.1) is 18.3 Å². The number of amides is 1. The molecule has 3 rings (SSSR count). The number of carbonyl (C=O) groups is 1. The topological polar surface area (TPSA) is 103 Å². The van der Waals surface area contributed by atoms with Crippen molar-refractivity contribution in [1.82, 2.24) is 19.7 Å². The van der Waals surface area contributed by atoms with Crippen LogP contribution in [-0.4, -0.2) is 35.7 Å². The molecule has 1 heterocycles. The van der Waals surface area contributed by atoms with Crippen LogP contribution < -0.4 is 9.46 Å². The predicted molar refractivity (Wildman–Crippen MR) is 98.8 cm³/mol. The van der Waals surface area contributed by atoms with Crippen molar-refractivity contribution in [3.63, 3.8) is 0 Å². The van der Waals surface area contributed by atoms with E-state index in [2.05, 4.69) is 15.0 Å². The molecule has 1 aromatic heterocycles. The maximum absolute atomic E-state index is 13.8. The number of rotatable bonds is 5. The summed E-state index contributed by atoms with van der Waals surface area (Å²) in [7, 11) is -4.54. The lowest BCUT2D eigenvalue weighted by Gasteiger charge is -2.11. The van der Waals surface area contributed by atoms with E-state index >= 15 is 0 Å². The van der Waals surface area contributed by atoms with Crippen LogP contribution in [-0.2, 0) is 10.0 Å². The summed E-state index contributed by atoms with van der Waals surface area (Å²) in [6.07, 6.45) is -4.91. The van der Waals surface area contributed by atoms with Crippen molar-refractivity contribution >= 4 is 27.5 Å². The first-order valence-corrected chi connectivity index (χ1v) is 10.0. The van der Waals surface area contributed by atoms with E-state index in [4.69, 9.17) is 11.6 Å². The van der Waals surface area contributed by atoms with E-state index in [0.29, 0.717) is 0 Å². The Hall–Kier alpha value is -3.19. The van der Waals surface area contributed by atoms with Crippen molar-refractivity contribution in [1.29, 1.82) is 0 Å². The maximum Gasteiger partial charge on any atom is 0.573 e. The Kier molecular flexibility index (Phi) is 5.91. The zero-order chi connectivity index (χ0) is 23.0. The smallest absolute Gasteiger partial charge is 0.406 e. The SMILES string of the molecule is Cc1c(C(=O)NS(=O)(=O)c2ccccc2F)nnn1-c1ccc(OC(F)(F)F)cc1Cl. The summed E-state index contributed by atoms with van der Waals surface area (Å²) in [6, 6.07) is 7.43. The quantitative estimate of drug-likeness (QED) is 0.564. The number of hydrogen-bond acceptors (Lipinski definition) is 6. The lowest BCUT2D eigenvalue weighted by molar-refractivity contribution is -0.274. The van der Waals surface area contributed by atoms with Gasteiger partial charge in [-0.3, -0.25) is 4.79 Å². The largest absolute Gasteiger partial charge is 0.573 e. The highest BCUT2D eigenvalue weighted by Gasteiger charge is 2.31. The summed E-state index contributed by atoms with van der Waals surface area (Å²) < 4.78 is 81.8. The molecular formula is C17H11ClF4N4O4S. The number of benzene rings is 2. The third-order valence-electron chi connectivity index (χ3n) is 3.84. The highest BCUT2D eigenvalue weighted by molar-refractivity contribution is 7.90. The van der Waals surface area contributed by atoms with E-state index in [0.717, 1.165) is 35.0 Å². The van der Waals surface area contributed by atoms with Crippen LogP contribution in [0.5, 0.6) is 5.75 Å². The summed E-state index contributed by atoms with van der Waals surface area (Å²) in [4.78, 5) is 11.7. The van der Waals surface area contributed by atoms with Crippen LogP contribution in [0.25, 0.3) is 5.69 Å². The number of halogens is 5. The molecule has 0 spiro atoms. The monoisotopic (exact) mass is 478 g/mol. The first kappa shape index (κ1) is 22.5. The Morgan fingerprint density at radius 3 is 2.48 bits per heavy atom. The number of carbonyl (C=O) groups excluding carboxylic acids is 1. The Bertz CT molecular complexity index is 1260. The number of hydrogen-bond donors (Lipinski definition) is 1. The molecule has 0 aliphatic heterocycles. The molecule has 3 aromatic rings. The van der Waals surface area contributed by atoms with Crippen LogP contribution in [0, 0.1) is 12.7 Å². The number of sulfonamides is 1. The Labute approximate surface area is 177 Å². The van der Waals surface area contributed by atoms with Gasteiger partial charge >= 0.3 is 6.36 Å². The van der Waals surface area contributed by atoms with Gasteiger partial charge < -0.3 is 4.74 Å². The summed E-state index contributed by atoms with van der Waals surface area (Å²) >= 11 is 5.98. The molecule has 0 unspecified atom stereocenters. The van der Waals surface area contributed by atoms with Crippen LogP contribution in [0.15, 0.2) is 47.4 Å². The van der Waals surface area contributed by atoms with Crippen molar-refractivity contribution < 1.29 is 35.5 Å². The van der Waals surface area contributed by atoms with Gasteiger partial charge in [0.1, 0.15) is 16.5 Å². The summed E-state index contributed by atoms with van der Waals surface area (Å²) in [6.45, 7) is 1.35. The maximum atomic E-state index is 13.8. The zero-order valence-corrected chi connectivity index (χ0v) is 16.9. The second-order valence-corrected chi connectivity index (χ2v) is 8.02. The molecule has 0 fully saturated rings. The third-order valence-corrected chi connectivity index (χ3v) is 5.51. The highest BCUT2D eigenvalue weighted by Crippen LogP contribution is 2.30. The fourth-order valence-corrected chi connectivity index (χ4v) is 3.80. The average molecular weight is 479 g/mol. The van der Waals surface area contributed by atoms with Crippen molar-refractivity contribution in [3.05, 3.63) is 64.7 Å². The second kappa shape index (κ2) is 8.15. The minimum absolute atomic E-state index is 0.0209. The summed E-state index contributed by atoms with van der Waals surface area (Å²) in [5.74, 6) is -2.83. The number of nitrogens with one attached hydrogen (secondary N) is 1. The number of ether oxygens (including phenoxy) is 1. The van der Waals surface area contributed by atoms with E-state index in [9.17, 15) is 30.8 Å². The molecule has 8 nitrogen and oxygen atoms in total. The standard InChI is InChI=1S/C17H11ClF4N4O4S/c1-9-15(16(27)24-31(28,29)14-5-3-2-4-12(14)19)23-25-26(9)13-7-6-10(8-11(13)18)30-17(20,21)22/h2-8H,1H3,(H,24,27). The van der Waals surface area contributed by atoms with E-state index in [1.807, 2.05) is 0 Å². The van der Waals surface area contributed by atoms with Crippen LogP contribution in [0.4, 0.5) is 17.6 Å². The van der Waals surface area contributed by atoms with Crippen molar-refractivity contribution in [2.45, 2.75) is 18.2 Å². The van der Waals surface area contributed by atoms with Gasteiger partial charge in [-0.1, -0.05) is 28.9 Å². The molecule has 164 valence electrons. The van der Waals surface area contributed by atoms with E-state index in [1.165, 1.54) is 19.1 Å². The highest BCUT2D eigenvalue weighted by atomic mass is 35.5. The minimum Gasteiger partial charge on any atom is -0.406 e. The molecule has 1 amide bonds. The molecule has 14 heteroatoms. The molecule has 0 saturated carbocycles. The lowest BCUT2D eigenvalue weighted by atomic mass is 10.2. The van der Waals surface area contributed by atoms with Gasteiger partial charge in [0.15, 0.2) is 5.69 Å². The average Bonchev–Trinajstić information content (AvgIpc) is 3.02. The molecule has 0 aliphatic rings. The van der Waals surface area contributed by atoms with Gasteiger partial charge in [0, 0.05) is 6.07 Å². The Balaban J connectivity index is 1.88. The Morgan fingerprint density at radius 1 is 1.19 bits per heavy atom. The number of alkyl halides is 3. The fourth-order valence-electron chi connectivity index (χ4n) is 2.51. The molecule has 0 aliphatic carbocycles. The first-order chi connectivity index (χ1) is 14.4. The predicted octanol–water partition coefficient (Wildman–Crippen LogP) is 3.39. The van der Waals surface area contributed by atoms with Gasteiger partial charge in [-0.2, -0.15) is 0 Å². The molecule has 0 saturated heterocycles. The summed E-state index contributed by atoms with van der Waals surface area (Å²) in [5, 5.41) is 7.06. The molecule has 31 heavy (non-hydrogen) atoms. The molecule has 0 radical (unpaired) electrons. The van der Waals surface area contributed by atoms with E-state index in [1.54, 1.807) is 4.72 Å². The lowest BCUT2D eigenvalue weighted by Crippen LogP contribution is -2.32. The van der Waals surface area contributed by atoms with E-state index < -0.39 is 44.4 Å². The normalized spacial score (nSPS) is 11.9. The van der Waals surface area contributed by atoms with Gasteiger partial charge in [0.2, 0.25) is 0 Å². The van der Waals surface area contributed by atoms with Gasteiger partial charge in [0.25, 0.3) is 15.9 Å². The second-order valence-electron chi connectivity index (χ2n) is 5.96. The molecule has 2 aromatic carbocycles. The molecule has 0 atom stereocenters. The Morgan fingerprint density at radius 2 is 1.87 bits per heavy atom. The minimum atomic E-state index is -4.91. The third kappa shape index (κ3) is 4.94. The number of nitrogens with zero attached hydrogens (tertiary/aromatic N) is 3. The van der Waals surface area contributed by atoms with Crippen molar-refractivity contribution in [2.75, 3.05) is 0 Å². The summed E-state index contributed by atoms with van der Waals surface area (Å²) in [5.41, 5.74) is -0.351. The zero-order valence-electron chi connectivity index (χ0n) is 15.3. The molecule has 0 bridgehead atoms. The first-order valence-electron chi connectivity index (χ1n) is 8.19. The van der Waals surface area contributed by atoms with Crippen molar-refractivity contribution in [3.8, 4) is 11.4 Å². The molecular weight excluding hydrogens is 468 g/mol. The van der Waals surface area contributed by atoms with Gasteiger partial charge in [0.05, 0.1) is 16.4 Å². The molecule has 1 N–H and O–H groups in total. The van der Waals surface area contributed by atoms with E-state index in [-0.39, 0.29) is 16.4 Å². The van der Waals surface area contributed by atoms with Crippen molar-refractivity contribution in [2.24, 2.45) is 0 Å². The van der Waals surface area contributed by atoms with Crippen LogP contribution >= 0.6 is 11.6 Å². The van der Waals surface area contributed by atoms with Crippen LogP contribution in [0.2, 0.25) is 5.02 Å². The van der Waals surface area contributed by atoms with Gasteiger partial charge in [-0.05, 0) is 31.2 Å². The van der Waals surface area contributed by atoms with Crippen LogP contribution in [0.3, 0.4) is 0 Å². The number of aromatic nitrogens is 3. The van der Waals surface area contributed by atoms with Crippen LogP contribution in [0.1, 0.15) is 16.2 Å². The fraction of sp³-hybridized carbons (Fsp3) is 0.118. The van der Waals surface area contributed by atoms with Gasteiger partial charge in [-0.25, -0.2) is 22.2 Å².